The van der Waals surface area contributed by atoms with E-state index in [1.54, 1.807) is 4.57 Å². The van der Waals surface area contributed by atoms with Gasteiger partial charge in [-0.3, -0.25) is 14.2 Å². The largest absolute Gasteiger partial charge is 0.294 e. The molecule has 2 aromatic carbocycles. The number of carbonyl (C=O) groups excluding carboxylic acids is 1. The Morgan fingerprint density at radius 2 is 1.75 bits per heavy atom. The molecule has 4 heteroatoms. The SMILES string of the molecule is Cc1cccc(-n2c3c(cc(C#N)c2=O)C(=O)C[C@H](c2ccccc2)C3)c1C. The number of Topliss-reactive ketones (excluding diaryl/α,β-unsaturated/α-hetero) is 1. The van der Waals surface area contributed by atoms with E-state index in [1.165, 1.54) is 6.07 Å². The van der Waals surface area contributed by atoms with Crippen LogP contribution in [0.4, 0.5) is 0 Å². The maximum atomic E-state index is 13.1. The molecule has 0 amide bonds. The number of aromatic nitrogens is 1. The summed E-state index contributed by atoms with van der Waals surface area (Å²) in [5.41, 5.74) is 4.68. The van der Waals surface area contributed by atoms with Gasteiger partial charge in [0.25, 0.3) is 5.56 Å². The van der Waals surface area contributed by atoms with Crippen LogP contribution >= 0.6 is 0 Å². The third-order valence-electron chi connectivity index (χ3n) is 5.68. The van der Waals surface area contributed by atoms with Crippen LogP contribution in [0.2, 0.25) is 0 Å². The van der Waals surface area contributed by atoms with Crippen molar-refractivity contribution < 1.29 is 4.79 Å². The van der Waals surface area contributed by atoms with Crippen molar-refractivity contribution in [1.29, 1.82) is 5.26 Å². The van der Waals surface area contributed by atoms with Gasteiger partial charge in [-0.25, -0.2) is 0 Å². The number of aryl methyl sites for hydroxylation is 1. The minimum absolute atomic E-state index is 0.00571. The van der Waals surface area contributed by atoms with Gasteiger partial charge in [-0.05, 0) is 55.0 Å². The normalized spacial score (nSPS) is 15.8. The van der Waals surface area contributed by atoms with Crippen LogP contribution in [0, 0.1) is 25.2 Å². The smallest absolute Gasteiger partial charge is 0.273 e. The second-order valence-corrected chi connectivity index (χ2v) is 7.33. The second kappa shape index (κ2) is 6.94. The van der Waals surface area contributed by atoms with Crippen LogP contribution in [-0.4, -0.2) is 10.4 Å². The number of ketones is 1. The first-order chi connectivity index (χ1) is 13.5. The highest BCUT2D eigenvalue weighted by Crippen LogP contribution is 2.34. The summed E-state index contributed by atoms with van der Waals surface area (Å²) in [6.07, 6.45) is 0.965. The van der Waals surface area contributed by atoms with Gasteiger partial charge in [-0.15, -0.1) is 0 Å². The molecule has 4 nitrogen and oxygen atoms in total. The Labute approximate surface area is 163 Å². The van der Waals surface area contributed by atoms with Crippen LogP contribution in [-0.2, 0) is 6.42 Å². The van der Waals surface area contributed by atoms with E-state index in [9.17, 15) is 14.9 Å². The zero-order valence-electron chi connectivity index (χ0n) is 15.9. The number of rotatable bonds is 2. The molecular weight excluding hydrogens is 348 g/mol. The number of benzene rings is 2. The van der Waals surface area contributed by atoms with Gasteiger partial charge in [-0.2, -0.15) is 5.26 Å². The van der Waals surface area contributed by atoms with E-state index in [2.05, 4.69) is 0 Å². The molecule has 0 radical (unpaired) electrons. The maximum Gasteiger partial charge on any atom is 0.273 e. The van der Waals surface area contributed by atoms with Crippen LogP contribution in [0.15, 0.2) is 59.4 Å². The number of nitriles is 1. The number of nitrogens with zero attached hydrogens (tertiary/aromatic N) is 2. The molecule has 0 saturated heterocycles. The minimum atomic E-state index is -0.364. The van der Waals surface area contributed by atoms with Crippen molar-refractivity contribution in [1.82, 2.24) is 4.57 Å². The summed E-state index contributed by atoms with van der Waals surface area (Å²) in [6.45, 7) is 3.95. The highest BCUT2D eigenvalue weighted by atomic mass is 16.1. The molecule has 1 aliphatic carbocycles. The molecule has 1 aliphatic rings. The van der Waals surface area contributed by atoms with Gasteiger partial charge in [0.05, 0.1) is 5.69 Å². The Bertz CT molecular complexity index is 1180. The molecule has 3 aromatic rings. The topological polar surface area (TPSA) is 62.9 Å². The van der Waals surface area contributed by atoms with Crippen LogP contribution < -0.4 is 5.56 Å². The molecule has 1 atom stereocenters. The summed E-state index contributed by atoms with van der Waals surface area (Å²) in [4.78, 5) is 26.1. The minimum Gasteiger partial charge on any atom is -0.294 e. The van der Waals surface area contributed by atoms with Crippen molar-refractivity contribution in [3.05, 3.63) is 98.5 Å². The number of hydrogen-bond acceptors (Lipinski definition) is 3. The quantitative estimate of drug-likeness (QED) is 0.680. The summed E-state index contributed by atoms with van der Waals surface area (Å²) in [7, 11) is 0. The molecule has 0 fully saturated rings. The van der Waals surface area contributed by atoms with Crippen LogP contribution in [0.3, 0.4) is 0 Å². The fourth-order valence-corrected chi connectivity index (χ4v) is 4.01. The summed E-state index contributed by atoms with van der Waals surface area (Å²) >= 11 is 0. The van der Waals surface area contributed by atoms with Gasteiger partial charge < -0.3 is 0 Å². The molecule has 1 heterocycles. The van der Waals surface area contributed by atoms with Crippen molar-refractivity contribution in [2.24, 2.45) is 0 Å². The van der Waals surface area contributed by atoms with E-state index in [0.717, 1.165) is 22.4 Å². The molecule has 0 N–H and O–H groups in total. The number of hydrogen-bond donors (Lipinski definition) is 0. The van der Waals surface area contributed by atoms with E-state index in [4.69, 9.17) is 0 Å². The Morgan fingerprint density at radius 1 is 1.00 bits per heavy atom. The highest BCUT2D eigenvalue weighted by Gasteiger charge is 2.30. The lowest BCUT2D eigenvalue weighted by molar-refractivity contribution is 0.0962. The highest BCUT2D eigenvalue weighted by molar-refractivity contribution is 5.99. The molecule has 0 saturated carbocycles. The van der Waals surface area contributed by atoms with Crippen molar-refractivity contribution in [3.8, 4) is 11.8 Å². The molecule has 138 valence electrons. The summed E-state index contributed by atoms with van der Waals surface area (Å²) < 4.78 is 1.59. The van der Waals surface area contributed by atoms with Crippen molar-refractivity contribution in [3.63, 3.8) is 0 Å². The van der Waals surface area contributed by atoms with Gasteiger partial charge in [-0.1, -0.05) is 42.5 Å². The van der Waals surface area contributed by atoms with Gasteiger partial charge >= 0.3 is 0 Å². The summed E-state index contributed by atoms with van der Waals surface area (Å²) in [5.74, 6) is -0.00411. The first-order valence-electron chi connectivity index (χ1n) is 9.35. The molecule has 0 unspecified atom stereocenters. The average molecular weight is 368 g/mol. The number of carbonyl (C=O) groups is 1. The van der Waals surface area contributed by atoms with Crippen LogP contribution in [0.25, 0.3) is 5.69 Å². The monoisotopic (exact) mass is 368 g/mol. The lowest BCUT2D eigenvalue weighted by Gasteiger charge is -2.27. The predicted octanol–water partition coefficient (Wildman–Crippen LogP) is 4.24. The summed E-state index contributed by atoms with van der Waals surface area (Å²) in [5, 5.41) is 9.46. The van der Waals surface area contributed by atoms with Crippen LogP contribution in [0.1, 0.15) is 50.6 Å². The molecule has 28 heavy (non-hydrogen) atoms. The number of pyridine rings is 1. The lowest BCUT2D eigenvalue weighted by atomic mass is 9.81. The first kappa shape index (κ1) is 17.9. The summed E-state index contributed by atoms with van der Waals surface area (Å²) in [6, 6.07) is 19.1. The lowest BCUT2D eigenvalue weighted by Crippen LogP contribution is -2.32. The fourth-order valence-electron chi connectivity index (χ4n) is 4.01. The Hall–Kier alpha value is -3.45. The van der Waals surface area contributed by atoms with Gasteiger partial charge in [0, 0.05) is 17.7 Å². The maximum absolute atomic E-state index is 13.1. The average Bonchev–Trinajstić information content (AvgIpc) is 2.71. The predicted molar refractivity (Wildman–Crippen MR) is 108 cm³/mol. The third-order valence-corrected chi connectivity index (χ3v) is 5.68. The van der Waals surface area contributed by atoms with Crippen molar-refractivity contribution >= 4 is 5.78 Å². The van der Waals surface area contributed by atoms with Gasteiger partial charge in [0.15, 0.2) is 5.78 Å². The third kappa shape index (κ3) is 2.86. The Balaban J connectivity index is 1.99. The van der Waals surface area contributed by atoms with E-state index in [-0.39, 0.29) is 22.8 Å². The van der Waals surface area contributed by atoms with E-state index in [1.807, 2.05) is 68.4 Å². The van der Waals surface area contributed by atoms with Crippen molar-refractivity contribution in [2.45, 2.75) is 32.6 Å². The Morgan fingerprint density at radius 3 is 2.46 bits per heavy atom. The fraction of sp³-hybridized carbons (Fsp3) is 0.208. The molecular formula is C24H20N2O2. The second-order valence-electron chi connectivity index (χ2n) is 7.33. The zero-order chi connectivity index (χ0) is 19.8. The zero-order valence-corrected chi connectivity index (χ0v) is 15.9. The van der Waals surface area contributed by atoms with E-state index >= 15 is 0 Å². The van der Waals surface area contributed by atoms with Gasteiger partial charge in [0.1, 0.15) is 11.6 Å². The number of fused-ring (bicyclic) bond motifs is 1. The van der Waals surface area contributed by atoms with Crippen LogP contribution in [0.5, 0.6) is 0 Å². The molecule has 0 bridgehead atoms. The molecule has 0 spiro atoms. The van der Waals surface area contributed by atoms with E-state index in [0.29, 0.717) is 24.1 Å². The molecule has 0 aliphatic heterocycles. The molecule has 1 aromatic heterocycles. The first-order valence-corrected chi connectivity index (χ1v) is 9.35. The van der Waals surface area contributed by atoms with Crippen molar-refractivity contribution in [2.75, 3.05) is 0 Å². The Kier molecular flexibility index (Phi) is 4.44. The standard InChI is InChI=1S/C24H20N2O2/c1-15-7-6-10-21(16(15)2)26-22-12-18(17-8-4-3-5-9-17)13-23(27)20(22)11-19(14-25)24(26)28/h3-11,18H,12-13H2,1-2H3/t18-/m1/s1. The molecule has 4 rings (SSSR count). The van der Waals surface area contributed by atoms with E-state index < -0.39 is 0 Å². The van der Waals surface area contributed by atoms with Gasteiger partial charge in [0.2, 0.25) is 0 Å².